The highest BCUT2D eigenvalue weighted by Crippen LogP contribution is 2.58. The summed E-state index contributed by atoms with van der Waals surface area (Å²) in [5.74, 6) is -7.18. The fourth-order valence-electron chi connectivity index (χ4n) is 4.32. The lowest BCUT2D eigenvalue weighted by atomic mass is 9.63. The third kappa shape index (κ3) is 1.94. The van der Waals surface area contributed by atoms with Gasteiger partial charge < -0.3 is 29.5 Å². The number of aliphatic hydroxyl groups is 2. The molecule has 154 valence electrons. The molecule has 1 saturated heterocycles. The number of Topliss-reactive ketones (excluding diaryl/α,β-unsaturated/α-hetero) is 1. The molecule has 1 aromatic carbocycles. The third-order valence-corrected chi connectivity index (χ3v) is 6.35. The van der Waals surface area contributed by atoms with Gasteiger partial charge in [-0.3, -0.25) is 4.79 Å². The minimum Gasteiger partial charge on any atom is -0.507 e. The topological polar surface area (TPSA) is 140 Å². The normalized spacial score (nSPS) is 31.6. The maximum Gasteiger partial charge on any atom is 0.384 e. The SMILES string of the molecule is COC(=O)C1(O)OC(=O)C2=C3OC(C)C(C)(C)C3(O)C(=O)c3c(C)cc(O)c1c32. The first-order chi connectivity index (χ1) is 13.3. The minimum absolute atomic E-state index is 0.108. The number of aromatic hydroxyl groups is 1. The second kappa shape index (κ2) is 5.37. The van der Waals surface area contributed by atoms with Crippen molar-refractivity contribution in [1.29, 1.82) is 0 Å². The molecule has 3 aliphatic rings. The smallest absolute Gasteiger partial charge is 0.384 e. The van der Waals surface area contributed by atoms with Crippen LogP contribution in [0.5, 0.6) is 5.75 Å². The van der Waals surface area contributed by atoms with Crippen LogP contribution >= 0.6 is 0 Å². The van der Waals surface area contributed by atoms with E-state index in [9.17, 15) is 29.7 Å². The predicted molar refractivity (Wildman–Crippen MR) is 95.4 cm³/mol. The number of ether oxygens (including phenoxy) is 3. The van der Waals surface area contributed by atoms with Gasteiger partial charge in [-0.05, 0) is 25.5 Å². The van der Waals surface area contributed by atoms with Crippen LogP contribution in [-0.4, -0.2) is 51.9 Å². The lowest BCUT2D eigenvalue weighted by Gasteiger charge is -2.41. The van der Waals surface area contributed by atoms with Crippen LogP contribution in [0.15, 0.2) is 11.8 Å². The summed E-state index contributed by atoms with van der Waals surface area (Å²) in [6, 6.07) is 1.15. The van der Waals surface area contributed by atoms with Crippen molar-refractivity contribution in [2.24, 2.45) is 5.41 Å². The molecule has 1 fully saturated rings. The number of aryl methyl sites for hydroxylation is 1. The zero-order valence-electron chi connectivity index (χ0n) is 16.4. The number of carbonyl (C=O) groups is 3. The Labute approximate surface area is 165 Å². The highest BCUT2D eigenvalue weighted by atomic mass is 16.7. The van der Waals surface area contributed by atoms with Crippen molar-refractivity contribution in [2.45, 2.75) is 45.2 Å². The average molecular weight is 404 g/mol. The molecular weight excluding hydrogens is 384 g/mol. The maximum absolute atomic E-state index is 13.5. The van der Waals surface area contributed by atoms with Crippen molar-refractivity contribution >= 4 is 23.3 Å². The maximum atomic E-state index is 13.5. The minimum atomic E-state index is -2.97. The lowest BCUT2D eigenvalue weighted by molar-refractivity contribution is -0.228. The molecule has 2 heterocycles. The standard InChI is InChI=1S/C20H20O9/c1-7-6-9(21)13-11-10(7)14(22)19(25)15(28-8(2)18(19,3)4)12(11)16(23)29-20(13,26)17(24)27-5/h6,8,21,25-26H,1-5H3. The molecule has 0 bridgehead atoms. The number of phenolic OH excluding ortho intramolecular Hbond substituents is 1. The fourth-order valence-corrected chi connectivity index (χ4v) is 4.32. The van der Waals surface area contributed by atoms with E-state index >= 15 is 0 Å². The Morgan fingerprint density at radius 2 is 1.83 bits per heavy atom. The van der Waals surface area contributed by atoms with Gasteiger partial charge in [0, 0.05) is 16.5 Å². The van der Waals surface area contributed by atoms with Crippen LogP contribution in [0.3, 0.4) is 0 Å². The number of cyclic esters (lactones) is 1. The van der Waals surface area contributed by atoms with Gasteiger partial charge in [-0.25, -0.2) is 9.59 Å². The summed E-state index contributed by atoms with van der Waals surface area (Å²) in [5, 5.41) is 32.8. The first-order valence-corrected chi connectivity index (χ1v) is 8.94. The third-order valence-electron chi connectivity index (χ3n) is 6.35. The van der Waals surface area contributed by atoms with E-state index in [-0.39, 0.29) is 28.0 Å². The van der Waals surface area contributed by atoms with E-state index in [1.165, 1.54) is 6.92 Å². The number of esters is 2. The van der Waals surface area contributed by atoms with Crippen LogP contribution in [-0.2, 0) is 29.6 Å². The first-order valence-electron chi connectivity index (χ1n) is 8.94. The summed E-state index contributed by atoms with van der Waals surface area (Å²) < 4.78 is 15.3. The molecule has 0 saturated carbocycles. The molecule has 1 aromatic rings. The van der Waals surface area contributed by atoms with Crippen molar-refractivity contribution in [3.05, 3.63) is 34.1 Å². The van der Waals surface area contributed by atoms with Crippen LogP contribution < -0.4 is 0 Å². The Morgan fingerprint density at radius 3 is 2.41 bits per heavy atom. The van der Waals surface area contributed by atoms with Crippen molar-refractivity contribution in [3.8, 4) is 5.75 Å². The number of benzene rings is 1. The zero-order chi connectivity index (χ0) is 21.7. The molecule has 9 heteroatoms. The highest BCUT2D eigenvalue weighted by molar-refractivity contribution is 6.28. The zero-order valence-corrected chi connectivity index (χ0v) is 16.4. The summed E-state index contributed by atoms with van der Waals surface area (Å²) in [6.45, 7) is 6.40. The number of carbonyl (C=O) groups excluding carboxylic acids is 3. The van der Waals surface area contributed by atoms with E-state index in [1.54, 1.807) is 20.8 Å². The van der Waals surface area contributed by atoms with Crippen LogP contribution in [0.2, 0.25) is 0 Å². The molecule has 3 N–H and O–H groups in total. The lowest BCUT2D eigenvalue weighted by Crippen LogP contribution is -2.55. The second-order valence-electron chi connectivity index (χ2n) is 8.09. The molecule has 3 unspecified atom stereocenters. The summed E-state index contributed by atoms with van der Waals surface area (Å²) in [7, 11) is 0.966. The van der Waals surface area contributed by atoms with Gasteiger partial charge in [-0.15, -0.1) is 0 Å². The number of ketones is 1. The van der Waals surface area contributed by atoms with E-state index in [4.69, 9.17) is 9.47 Å². The molecule has 0 amide bonds. The average Bonchev–Trinajstić information content (AvgIpc) is 2.81. The molecule has 3 atom stereocenters. The molecule has 2 aliphatic heterocycles. The highest BCUT2D eigenvalue weighted by Gasteiger charge is 2.68. The number of methoxy groups -OCH3 is 1. The van der Waals surface area contributed by atoms with Gasteiger partial charge in [0.25, 0.3) is 0 Å². The molecule has 0 radical (unpaired) electrons. The van der Waals surface area contributed by atoms with Crippen LogP contribution in [0.4, 0.5) is 0 Å². The summed E-state index contributed by atoms with van der Waals surface area (Å²) >= 11 is 0. The van der Waals surface area contributed by atoms with E-state index in [0.717, 1.165) is 13.2 Å². The fraction of sp³-hybridized carbons (Fsp3) is 0.450. The number of phenols is 1. The van der Waals surface area contributed by atoms with E-state index in [0.29, 0.717) is 0 Å². The van der Waals surface area contributed by atoms with Gasteiger partial charge in [0.2, 0.25) is 5.78 Å². The number of hydrogen-bond acceptors (Lipinski definition) is 9. The largest absolute Gasteiger partial charge is 0.507 e. The molecule has 29 heavy (non-hydrogen) atoms. The second-order valence-corrected chi connectivity index (χ2v) is 8.09. The molecule has 4 rings (SSSR count). The monoisotopic (exact) mass is 404 g/mol. The Hall–Kier alpha value is -2.91. The van der Waals surface area contributed by atoms with Gasteiger partial charge in [0.15, 0.2) is 11.4 Å². The molecular formula is C20H20O9. The summed E-state index contributed by atoms with van der Waals surface area (Å²) in [5.41, 5.74) is -4.18. The van der Waals surface area contributed by atoms with Gasteiger partial charge in [-0.2, -0.15) is 0 Å². The van der Waals surface area contributed by atoms with Crippen molar-refractivity contribution < 1.29 is 43.9 Å². The Balaban J connectivity index is 2.20. The number of fused-ring (bicyclic) bond motifs is 1. The summed E-state index contributed by atoms with van der Waals surface area (Å²) in [6.07, 6.45) is -0.653. The molecule has 9 nitrogen and oxygen atoms in total. The number of hydrogen-bond donors (Lipinski definition) is 3. The Kier molecular flexibility index (Phi) is 3.59. The van der Waals surface area contributed by atoms with Gasteiger partial charge >= 0.3 is 17.7 Å². The van der Waals surface area contributed by atoms with E-state index < -0.39 is 51.9 Å². The van der Waals surface area contributed by atoms with Crippen LogP contribution in [0, 0.1) is 12.3 Å². The van der Waals surface area contributed by atoms with Crippen molar-refractivity contribution in [1.82, 2.24) is 0 Å². The Morgan fingerprint density at radius 1 is 1.21 bits per heavy atom. The summed E-state index contributed by atoms with van der Waals surface area (Å²) in [4.78, 5) is 38.7. The predicted octanol–water partition coefficient (Wildman–Crippen LogP) is 0.659. The van der Waals surface area contributed by atoms with E-state index in [2.05, 4.69) is 4.74 Å². The van der Waals surface area contributed by atoms with Gasteiger partial charge in [-0.1, -0.05) is 13.8 Å². The van der Waals surface area contributed by atoms with E-state index in [1.807, 2.05) is 0 Å². The molecule has 0 spiro atoms. The van der Waals surface area contributed by atoms with Crippen LogP contribution in [0.25, 0.3) is 5.57 Å². The quantitative estimate of drug-likeness (QED) is 0.576. The molecule has 0 aromatic heterocycles. The van der Waals surface area contributed by atoms with Gasteiger partial charge in [0.05, 0.1) is 12.7 Å². The van der Waals surface area contributed by atoms with Gasteiger partial charge in [0.1, 0.15) is 17.4 Å². The first kappa shape index (κ1) is 19.4. The van der Waals surface area contributed by atoms with Crippen LogP contribution in [0.1, 0.15) is 47.8 Å². The van der Waals surface area contributed by atoms with Crippen molar-refractivity contribution in [2.75, 3.05) is 7.11 Å². The Bertz CT molecular complexity index is 1050. The van der Waals surface area contributed by atoms with Crippen molar-refractivity contribution in [3.63, 3.8) is 0 Å². The molecule has 1 aliphatic carbocycles. The number of rotatable bonds is 1.